The van der Waals surface area contributed by atoms with Gasteiger partial charge in [-0.3, -0.25) is 0 Å². The molecule has 3 rings (SSSR count). The summed E-state index contributed by atoms with van der Waals surface area (Å²) in [6.07, 6.45) is 6.23. The van der Waals surface area contributed by atoms with Crippen LogP contribution in [0.1, 0.15) is 77.8 Å². The van der Waals surface area contributed by atoms with Crippen molar-refractivity contribution in [2.45, 2.75) is 96.2 Å². The van der Waals surface area contributed by atoms with Gasteiger partial charge in [0.1, 0.15) is 17.4 Å². The molecule has 2 bridgehead atoms. The molecule has 1 aromatic rings. The fourth-order valence-electron chi connectivity index (χ4n) is 4.84. The van der Waals surface area contributed by atoms with Crippen LogP contribution < -0.4 is 15.8 Å². The Labute approximate surface area is 179 Å². The number of hydrogen-bond donors (Lipinski definition) is 2. The number of nitrogens with one attached hydrogen (secondary N) is 1. The molecule has 3 N–H and O–H groups in total. The molecule has 6 heteroatoms. The predicted molar refractivity (Wildman–Crippen MR) is 117 cm³/mol. The summed E-state index contributed by atoms with van der Waals surface area (Å²) in [5.74, 6) is 0.474. The minimum absolute atomic E-state index is 0.110. The molecule has 1 saturated carbocycles. The van der Waals surface area contributed by atoms with Gasteiger partial charge in [-0.2, -0.15) is 0 Å². The molecule has 1 amide bonds. The highest BCUT2D eigenvalue weighted by Gasteiger charge is 2.43. The Hall–Kier alpha value is -2.08. The van der Waals surface area contributed by atoms with E-state index in [9.17, 15) is 9.59 Å². The minimum Gasteiger partial charge on any atom is -0.444 e. The predicted octanol–water partition coefficient (Wildman–Crippen LogP) is 4.23. The van der Waals surface area contributed by atoms with Crippen LogP contribution in [0, 0.1) is 5.92 Å². The standard InChI is InChI=1S/C24H36N2O4/c1-15(26-22(28)30-23(2,3)4)21(27)29-18-11-10-16-13-17-9-7-6-8-12-24(5,20(17)25)19(16)14-18/h10-11,14-15,17,20H,6-9,12-13,25H2,1-5H3,(H,26,28)/t15-,17-,20-,24+/m0/s1. The number of carbonyl (C=O) groups excluding carboxylic acids is 2. The maximum atomic E-state index is 12.5. The number of alkyl carbamates (subject to hydrolysis) is 1. The molecule has 2 aliphatic rings. The molecule has 0 heterocycles. The fraction of sp³-hybridized carbons (Fsp3) is 0.667. The third-order valence-electron chi connectivity index (χ3n) is 6.50. The van der Waals surface area contributed by atoms with E-state index in [1.807, 2.05) is 12.1 Å². The first-order valence-electron chi connectivity index (χ1n) is 11.1. The Morgan fingerprint density at radius 3 is 2.67 bits per heavy atom. The van der Waals surface area contributed by atoms with Crippen molar-refractivity contribution in [3.63, 3.8) is 0 Å². The molecule has 6 nitrogen and oxygen atoms in total. The average molecular weight is 417 g/mol. The zero-order valence-electron chi connectivity index (χ0n) is 18.9. The van der Waals surface area contributed by atoms with Crippen LogP contribution in [0.5, 0.6) is 5.75 Å². The van der Waals surface area contributed by atoms with Crippen molar-refractivity contribution in [1.29, 1.82) is 0 Å². The second kappa shape index (κ2) is 8.58. The lowest BCUT2D eigenvalue weighted by atomic mass is 9.60. The number of rotatable bonds is 3. The first kappa shape index (κ1) is 22.6. The maximum Gasteiger partial charge on any atom is 0.408 e. The summed E-state index contributed by atoms with van der Waals surface area (Å²) in [6, 6.07) is 5.19. The summed E-state index contributed by atoms with van der Waals surface area (Å²) < 4.78 is 10.8. The van der Waals surface area contributed by atoms with Crippen molar-refractivity contribution in [3.05, 3.63) is 29.3 Å². The number of nitrogens with two attached hydrogens (primary N) is 1. The van der Waals surface area contributed by atoms with Gasteiger partial charge in [0.25, 0.3) is 0 Å². The number of esters is 1. The van der Waals surface area contributed by atoms with E-state index >= 15 is 0 Å². The van der Waals surface area contributed by atoms with E-state index in [0.29, 0.717) is 11.7 Å². The molecule has 4 atom stereocenters. The number of fused-ring (bicyclic) bond motifs is 4. The van der Waals surface area contributed by atoms with E-state index in [1.54, 1.807) is 27.7 Å². The van der Waals surface area contributed by atoms with Crippen molar-refractivity contribution < 1.29 is 19.1 Å². The normalized spacial score (nSPS) is 27.1. The molecular weight excluding hydrogens is 380 g/mol. The second-order valence-corrected chi connectivity index (χ2v) is 10.1. The molecule has 166 valence electrons. The Morgan fingerprint density at radius 2 is 1.97 bits per heavy atom. The molecule has 2 aliphatic carbocycles. The van der Waals surface area contributed by atoms with E-state index < -0.39 is 23.7 Å². The number of hydrogen-bond acceptors (Lipinski definition) is 5. The largest absolute Gasteiger partial charge is 0.444 e. The molecule has 0 saturated heterocycles. The Morgan fingerprint density at radius 1 is 1.23 bits per heavy atom. The van der Waals surface area contributed by atoms with Crippen LogP contribution in [0.4, 0.5) is 4.79 Å². The van der Waals surface area contributed by atoms with Crippen LogP contribution in [-0.4, -0.2) is 29.7 Å². The fourth-order valence-corrected chi connectivity index (χ4v) is 4.84. The Bertz CT molecular complexity index is 801. The average Bonchev–Trinajstić information content (AvgIpc) is 2.64. The van der Waals surface area contributed by atoms with Crippen LogP contribution in [0.3, 0.4) is 0 Å². The zero-order chi connectivity index (χ0) is 22.1. The molecule has 0 unspecified atom stereocenters. The van der Waals surface area contributed by atoms with Crippen molar-refractivity contribution >= 4 is 12.1 Å². The molecular formula is C24H36N2O4. The van der Waals surface area contributed by atoms with Gasteiger partial charge in [-0.25, -0.2) is 9.59 Å². The monoisotopic (exact) mass is 416 g/mol. The van der Waals surface area contributed by atoms with E-state index in [1.165, 1.54) is 30.4 Å². The van der Waals surface area contributed by atoms with Crippen LogP contribution in [0.2, 0.25) is 0 Å². The minimum atomic E-state index is -0.820. The third kappa shape index (κ3) is 4.97. The van der Waals surface area contributed by atoms with E-state index in [0.717, 1.165) is 19.3 Å². The van der Waals surface area contributed by atoms with Gasteiger partial charge in [0.15, 0.2) is 0 Å². The molecule has 0 aliphatic heterocycles. The van der Waals surface area contributed by atoms with E-state index in [-0.39, 0.29) is 11.5 Å². The summed E-state index contributed by atoms with van der Waals surface area (Å²) >= 11 is 0. The number of benzene rings is 1. The number of amides is 1. The number of carbonyl (C=O) groups is 2. The topological polar surface area (TPSA) is 90.6 Å². The molecule has 0 aromatic heterocycles. The SMILES string of the molecule is C[C@H](NC(=O)OC(C)(C)C)C(=O)Oc1ccc2c(c1)[C@@]1(C)CCCCC[C@@H](C2)[C@@H]1N. The van der Waals surface area contributed by atoms with Crippen LogP contribution in [0.25, 0.3) is 0 Å². The Balaban J connectivity index is 1.74. The molecule has 1 aromatic carbocycles. The highest BCUT2D eigenvalue weighted by Crippen LogP contribution is 2.46. The summed E-state index contributed by atoms with van der Waals surface area (Å²) in [5.41, 5.74) is 8.51. The summed E-state index contributed by atoms with van der Waals surface area (Å²) in [6.45, 7) is 9.16. The molecule has 30 heavy (non-hydrogen) atoms. The van der Waals surface area contributed by atoms with Gasteiger partial charge < -0.3 is 20.5 Å². The quantitative estimate of drug-likeness (QED) is 0.568. The summed E-state index contributed by atoms with van der Waals surface area (Å²) in [5, 5.41) is 2.53. The van der Waals surface area contributed by atoms with Crippen molar-refractivity contribution in [2.24, 2.45) is 11.7 Å². The van der Waals surface area contributed by atoms with Crippen molar-refractivity contribution in [3.8, 4) is 5.75 Å². The maximum absolute atomic E-state index is 12.5. The van der Waals surface area contributed by atoms with Crippen LogP contribution in [0.15, 0.2) is 18.2 Å². The van der Waals surface area contributed by atoms with E-state index in [4.69, 9.17) is 15.2 Å². The Kier molecular flexibility index (Phi) is 6.46. The number of ether oxygens (including phenoxy) is 2. The third-order valence-corrected chi connectivity index (χ3v) is 6.50. The van der Waals surface area contributed by atoms with E-state index in [2.05, 4.69) is 18.3 Å². The van der Waals surface area contributed by atoms with Crippen molar-refractivity contribution in [2.75, 3.05) is 0 Å². The van der Waals surface area contributed by atoms with Crippen LogP contribution in [-0.2, 0) is 21.4 Å². The molecule has 1 fully saturated rings. The van der Waals surface area contributed by atoms with Gasteiger partial charge in [0.05, 0.1) is 0 Å². The van der Waals surface area contributed by atoms with Gasteiger partial charge in [-0.15, -0.1) is 0 Å². The smallest absolute Gasteiger partial charge is 0.408 e. The molecule has 0 spiro atoms. The van der Waals surface area contributed by atoms with Gasteiger partial charge in [-0.05, 0) is 76.1 Å². The lowest BCUT2D eigenvalue weighted by Gasteiger charge is -2.47. The highest BCUT2D eigenvalue weighted by molar-refractivity contribution is 5.82. The van der Waals surface area contributed by atoms with Crippen LogP contribution >= 0.6 is 0 Å². The summed E-state index contributed by atoms with van der Waals surface area (Å²) in [4.78, 5) is 24.4. The van der Waals surface area contributed by atoms with Gasteiger partial charge in [-0.1, -0.05) is 32.3 Å². The zero-order valence-corrected chi connectivity index (χ0v) is 18.9. The van der Waals surface area contributed by atoms with Gasteiger partial charge in [0, 0.05) is 11.5 Å². The highest BCUT2D eigenvalue weighted by atomic mass is 16.6. The van der Waals surface area contributed by atoms with Crippen molar-refractivity contribution in [1.82, 2.24) is 5.32 Å². The van der Waals surface area contributed by atoms with Gasteiger partial charge >= 0.3 is 12.1 Å². The summed E-state index contributed by atoms with van der Waals surface area (Å²) in [7, 11) is 0. The lowest BCUT2D eigenvalue weighted by Crippen LogP contribution is -2.52. The second-order valence-electron chi connectivity index (χ2n) is 10.1. The molecule has 0 radical (unpaired) electrons. The first-order chi connectivity index (χ1) is 14.0. The lowest BCUT2D eigenvalue weighted by molar-refractivity contribution is -0.136. The first-order valence-corrected chi connectivity index (χ1v) is 11.1. The van der Waals surface area contributed by atoms with Gasteiger partial charge in [0.2, 0.25) is 0 Å².